The summed E-state index contributed by atoms with van der Waals surface area (Å²) in [5.41, 5.74) is 28.5. The van der Waals surface area contributed by atoms with Crippen molar-refractivity contribution < 1.29 is 51.2 Å². The number of allylic oxidation sites excluding steroid dienone is 4. The zero-order valence-electron chi connectivity index (χ0n) is 70.9. The molecule has 4 aliphatic rings. The smallest absolute Gasteiger partial charge is 0.254 e. The van der Waals surface area contributed by atoms with Crippen LogP contribution in [0.3, 0.4) is 0 Å². The van der Waals surface area contributed by atoms with Crippen LogP contribution in [-0.4, -0.2) is 86.1 Å². The van der Waals surface area contributed by atoms with E-state index in [0.29, 0.717) is 72.7 Å². The molecule has 18 nitrogen and oxygen atoms in total. The van der Waals surface area contributed by atoms with Crippen LogP contribution in [0.1, 0.15) is 157 Å². The molecule has 0 atom stereocenters. The number of hydrogen-bond acceptors (Lipinski definition) is 8. The summed E-state index contributed by atoms with van der Waals surface area (Å²) >= 11 is 0. The fraction of sp³-hybridized carbons (Fsp3) is 0.200. The van der Waals surface area contributed by atoms with Gasteiger partial charge in [-0.05, 0) is 211 Å². The minimum atomic E-state index is -4.07. The Bertz CT molecular complexity index is 7290. The lowest BCUT2D eigenvalue weighted by atomic mass is 9.88. The second-order valence-corrected chi connectivity index (χ2v) is 41.3. The highest BCUT2D eigenvalue weighted by atomic mass is 32.2. The standard InChI is InChI=1S/C26H25FN2O2S.C25H24FN3O2S.C25H23FN2O2S.C24H22FN3O2S/c1-15(2)24-25(20-9-5-7-16-6-4-8-18(16)20)23(14-32(3,30)31)29-26(24)21-12-17(27)13-22-19(21)10-11-28-22;1-14(2)23-24(19-8-4-6-15-5-3-7-17(15)19)22(13-32(27,30)31)29-25(23)20-11-16(26)12-21-18(20)9-10-28-21;1-14(2)22-23(19-9-5-7-15-6-4-8-17(15)19)25(31(3,29)30)28-24(22)20-12-16(26)13-21-18(20)10-11-27-21;1-13(2)21-22(18-8-4-6-14-5-3-7-16(14)18)24(31(26,29)30)28-23(21)19-11-15(25)12-20-17(19)9-10-27-20/h4-5,7-13,15,28-29H,6,14H2,1-3H3;3-4,6-12,14,28-29H,5,13H2,1-2H3,(H2,27,30,31);4-5,7-14,27-28H,6H2,1-3H3;3-4,6-13,27-28H,5H2,1-2H3,(H2,26,29,30). The largest absolute Gasteiger partial charge is 0.361 e. The number of sulfone groups is 2. The highest BCUT2D eigenvalue weighted by Gasteiger charge is 2.35. The summed E-state index contributed by atoms with van der Waals surface area (Å²) in [6.45, 7) is 16.4. The third kappa shape index (κ3) is 16.2. The van der Waals surface area contributed by atoms with Gasteiger partial charge in [-0.2, -0.15) is 0 Å². The number of aromatic nitrogens is 8. The first kappa shape index (κ1) is 85.6. The molecular weight excluding hydrogens is 1670 g/mol. The molecule has 644 valence electrons. The number of aromatic amines is 8. The molecule has 0 saturated carbocycles. The van der Waals surface area contributed by atoms with Crippen LogP contribution >= 0.6 is 0 Å². The Morgan fingerprint density at radius 2 is 0.603 bits per heavy atom. The Balaban J connectivity index is 0.000000119. The van der Waals surface area contributed by atoms with Gasteiger partial charge in [0, 0.05) is 137 Å². The molecule has 8 aromatic heterocycles. The second-order valence-electron chi connectivity index (χ2n) is 34.1. The van der Waals surface area contributed by atoms with Crippen LogP contribution in [0, 0.1) is 23.3 Å². The van der Waals surface area contributed by atoms with Crippen LogP contribution in [0.2, 0.25) is 0 Å². The van der Waals surface area contributed by atoms with E-state index >= 15 is 0 Å². The molecule has 0 saturated heterocycles. The van der Waals surface area contributed by atoms with Crippen molar-refractivity contribution in [2.45, 2.75) is 126 Å². The van der Waals surface area contributed by atoms with Crippen molar-refractivity contribution >= 4 is 108 Å². The van der Waals surface area contributed by atoms with Crippen molar-refractivity contribution in [3.63, 3.8) is 0 Å². The van der Waals surface area contributed by atoms with Crippen molar-refractivity contribution in [1.29, 1.82) is 0 Å². The van der Waals surface area contributed by atoms with Gasteiger partial charge in [0.1, 0.15) is 34.0 Å². The SMILES string of the molecule is CC(C)c1c(-c2cc(F)cc3[nH]ccc23)[nH]c(CS(C)(=O)=O)c1-c1cccc2c1C=CC2.CC(C)c1c(-c2cc(F)cc3[nH]ccc23)[nH]c(CS(N)(=O)=O)c1-c1cccc2c1C=CC2.CC(C)c1c(-c2cc(F)cc3[nH]ccc23)[nH]c(S(C)(=O)=O)c1-c1cccc2c1C=CC2.CC(C)c1c(-c2cc(F)cc3[nH]ccc23)[nH]c(S(N)(=O)=O)c1-c1cccc2c1C=CC2. The van der Waals surface area contributed by atoms with Crippen molar-refractivity contribution in [2.24, 2.45) is 10.3 Å². The maximum absolute atomic E-state index is 14.5. The number of primary sulfonamides is 2. The average Bonchev–Trinajstić information content (AvgIpc) is 1.59. The van der Waals surface area contributed by atoms with Crippen molar-refractivity contribution in [3.05, 3.63) is 296 Å². The number of nitrogens with two attached hydrogens (primary N) is 2. The molecule has 0 radical (unpaired) electrons. The van der Waals surface area contributed by atoms with Gasteiger partial charge in [0.25, 0.3) is 10.0 Å². The van der Waals surface area contributed by atoms with Gasteiger partial charge in [0.2, 0.25) is 10.0 Å². The average molecular weight is 1770 g/mol. The van der Waals surface area contributed by atoms with E-state index in [9.17, 15) is 51.2 Å². The van der Waals surface area contributed by atoms with Crippen LogP contribution in [-0.2, 0) is 76.9 Å². The van der Waals surface area contributed by atoms with E-state index in [4.69, 9.17) is 10.3 Å². The number of hydrogen-bond donors (Lipinski definition) is 10. The Labute approximate surface area is 728 Å². The first-order valence-corrected chi connectivity index (χ1v) is 48.8. The third-order valence-electron chi connectivity index (χ3n) is 23.9. The van der Waals surface area contributed by atoms with Crippen molar-refractivity contribution in [1.82, 2.24) is 39.9 Å². The molecule has 0 aliphatic heterocycles. The lowest BCUT2D eigenvalue weighted by molar-refractivity contribution is 0.594. The van der Waals surface area contributed by atoms with E-state index in [-0.39, 0.29) is 62.7 Å². The highest BCUT2D eigenvalue weighted by Crippen LogP contribution is 2.52. The van der Waals surface area contributed by atoms with E-state index in [2.05, 4.69) is 134 Å². The molecule has 0 amide bonds. The van der Waals surface area contributed by atoms with Gasteiger partial charge in [-0.25, -0.2) is 61.5 Å². The zero-order valence-corrected chi connectivity index (χ0v) is 74.2. The molecule has 26 heteroatoms. The van der Waals surface area contributed by atoms with Crippen molar-refractivity contribution in [3.8, 4) is 89.5 Å². The van der Waals surface area contributed by atoms with E-state index in [1.807, 2.05) is 107 Å². The molecule has 0 bridgehead atoms. The Kier molecular flexibility index (Phi) is 22.5. The Morgan fingerprint density at radius 3 is 0.881 bits per heavy atom. The lowest BCUT2D eigenvalue weighted by Crippen LogP contribution is -2.15. The highest BCUT2D eigenvalue weighted by molar-refractivity contribution is 7.91. The quantitative estimate of drug-likeness (QED) is 0.0367. The molecule has 8 aromatic carbocycles. The number of nitrogens with one attached hydrogen (secondary N) is 8. The number of sulfonamides is 2. The molecule has 8 heterocycles. The summed E-state index contributed by atoms with van der Waals surface area (Å²) in [4.78, 5) is 25.3. The van der Waals surface area contributed by atoms with Crippen LogP contribution in [0.15, 0.2) is 205 Å². The molecule has 20 rings (SSSR count). The summed E-state index contributed by atoms with van der Waals surface area (Å²) in [6.07, 6.45) is 29.5. The second kappa shape index (κ2) is 33.1. The predicted octanol–water partition coefficient (Wildman–Crippen LogP) is 23.0. The fourth-order valence-corrected chi connectivity index (χ4v) is 22.0. The molecule has 16 aromatic rings. The monoisotopic (exact) mass is 1770 g/mol. The number of benzene rings is 8. The van der Waals surface area contributed by atoms with Crippen LogP contribution in [0.5, 0.6) is 0 Å². The third-order valence-corrected chi connectivity index (χ3v) is 27.3. The van der Waals surface area contributed by atoms with Gasteiger partial charge in [-0.15, -0.1) is 0 Å². The summed E-state index contributed by atoms with van der Waals surface area (Å²) in [5.74, 6) is -1.83. The maximum Gasteiger partial charge on any atom is 0.254 e. The number of fused-ring (bicyclic) bond motifs is 8. The first-order valence-electron chi connectivity index (χ1n) is 41.6. The Morgan fingerprint density at radius 1 is 0.333 bits per heavy atom. The minimum absolute atomic E-state index is 0.00949. The van der Waals surface area contributed by atoms with Gasteiger partial charge in [-0.3, -0.25) is 0 Å². The summed E-state index contributed by atoms with van der Waals surface area (Å²) in [5, 5.41) is 14.7. The van der Waals surface area contributed by atoms with Crippen LogP contribution < -0.4 is 10.3 Å². The molecule has 126 heavy (non-hydrogen) atoms. The topological polar surface area (TPSA) is 315 Å². The van der Waals surface area contributed by atoms with E-state index in [1.165, 1.54) is 77.7 Å². The Hall–Kier alpha value is -12.6. The molecule has 0 spiro atoms. The predicted molar refractivity (Wildman–Crippen MR) is 501 cm³/mol. The molecule has 12 N–H and O–H groups in total. The fourth-order valence-electron chi connectivity index (χ4n) is 19.0. The normalized spacial score (nSPS) is 13.4. The molecule has 0 unspecified atom stereocenters. The van der Waals surface area contributed by atoms with Gasteiger partial charge in [0.15, 0.2) is 24.7 Å². The van der Waals surface area contributed by atoms with Gasteiger partial charge < -0.3 is 39.9 Å². The zero-order chi connectivity index (χ0) is 89.1. The summed E-state index contributed by atoms with van der Waals surface area (Å²) in [7, 11) is -14.8. The molecule has 0 fully saturated rings. The lowest BCUT2D eigenvalue weighted by Gasteiger charge is -2.15. The molecule has 4 aliphatic carbocycles. The van der Waals surface area contributed by atoms with Crippen LogP contribution in [0.4, 0.5) is 17.6 Å². The van der Waals surface area contributed by atoms with E-state index < -0.39 is 45.5 Å². The maximum atomic E-state index is 14.5. The summed E-state index contributed by atoms with van der Waals surface area (Å²) < 4.78 is 158. The van der Waals surface area contributed by atoms with Crippen LogP contribution in [0.25, 0.3) is 157 Å². The first-order chi connectivity index (χ1) is 60.0. The number of rotatable bonds is 18. The minimum Gasteiger partial charge on any atom is -0.361 e. The number of H-pyrrole nitrogens is 8. The number of halogens is 4. The van der Waals surface area contributed by atoms with Gasteiger partial charge in [0.05, 0.1) is 28.5 Å². The van der Waals surface area contributed by atoms with Crippen molar-refractivity contribution in [2.75, 3.05) is 12.5 Å². The van der Waals surface area contributed by atoms with Gasteiger partial charge >= 0.3 is 0 Å². The van der Waals surface area contributed by atoms with Gasteiger partial charge in [-0.1, -0.05) is 177 Å². The van der Waals surface area contributed by atoms with E-state index in [0.717, 1.165) is 148 Å². The van der Waals surface area contributed by atoms with E-state index in [1.54, 1.807) is 24.8 Å². The summed E-state index contributed by atoms with van der Waals surface area (Å²) in [6, 6.07) is 43.4. The molecular formula is C100H94F4N10O8S4.